The third-order valence-electron chi connectivity index (χ3n) is 6.23. The number of hydrogen-bond donors (Lipinski definition) is 2. The monoisotopic (exact) mass is 436 g/mol. The van der Waals surface area contributed by atoms with Crippen molar-refractivity contribution in [1.29, 1.82) is 0 Å². The molecule has 0 saturated carbocycles. The number of benzene rings is 2. The molecule has 0 aliphatic rings. The van der Waals surface area contributed by atoms with E-state index >= 15 is 0 Å². The number of rotatable bonds is 3. The van der Waals surface area contributed by atoms with Crippen LogP contribution in [0, 0.1) is 19.7 Å². The maximum Gasteiger partial charge on any atom is 0.124 e. The second-order valence-corrected chi connectivity index (χ2v) is 8.43. The van der Waals surface area contributed by atoms with Gasteiger partial charge in [-0.05, 0) is 55.3 Å². The highest BCUT2D eigenvalue weighted by molar-refractivity contribution is 6.01. The largest absolute Gasteiger partial charge is 0.352 e. The van der Waals surface area contributed by atoms with Crippen LogP contribution in [0.15, 0.2) is 61.1 Å². The van der Waals surface area contributed by atoms with E-state index in [4.69, 9.17) is 0 Å². The molecule has 0 radical (unpaired) electrons. The third-order valence-corrected chi connectivity index (χ3v) is 6.23. The van der Waals surface area contributed by atoms with Gasteiger partial charge in [-0.3, -0.25) is 10.1 Å². The van der Waals surface area contributed by atoms with Crippen LogP contribution in [-0.2, 0) is 7.05 Å². The lowest BCUT2D eigenvalue weighted by Gasteiger charge is -2.05. The zero-order chi connectivity index (χ0) is 22.7. The summed E-state index contributed by atoms with van der Waals surface area (Å²) in [4.78, 5) is 12.2. The molecule has 7 heteroatoms. The number of halogens is 1. The Morgan fingerprint density at radius 1 is 0.879 bits per heavy atom. The minimum atomic E-state index is -0.256. The summed E-state index contributed by atoms with van der Waals surface area (Å²) in [6, 6.07) is 13.3. The second kappa shape index (κ2) is 7.13. The van der Waals surface area contributed by atoms with Crippen molar-refractivity contribution < 1.29 is 4.39 Å². The van der Waals surface area contributed by atoms with E-state index in [1.807, 2.05) is 39.2 Å². The number of aromatic amines is 2. The molecule has 6 rings (SSSR count). The number of H-pyrrole nitrogens is 2. The maximum atomic E-state index is 14.1. The summed E-state index contributed by atoms with van der Waals surface area (Å²) in [6.07, 6.45) is 5.45. The molecule has 0 atom stereocenters. The van der Waals surface area contributed by atoms with Crippen LogP contribution in [0.1, 0.15) is 11.4 Å². The highest BCUT2D eigenvalue weighted by Crippen LogP contribution is 2.35. The topological polar surface area (TPSA) is 75.2 Å². The zero-order valence-electron chi connectivity index (χ0n) is 18.4. The van der Waals surface area contributed by atoms with Crippen molar-refractivity contribution in [2.75, 3.05) is 0 Å². The number of nitrogens with one attached hydrogen (secondary N) is 2. The van der Waals surface area contributed by atoms with E-state index in [0.29, 0.717) is 0 Å². The third kappa shape index (κ3) is 3.12. The minimum absolute atomic E-state index is 0.256. The molecular formula is C26H21FN6. The van der Waals surface area contributed by atoms with Crippen molar-refractivity contribution in [2.24, 2.45) is 7.05 Å². The number of aromatic nitrogens is 6. The van der Waals surface area contributed by atoms with Crippen molar-refractivity contribution in [2.45, 2.75) is 13.8 Å². The number of imidazole rings is 1. The SMILES string of the molecule is Cc1cc(F)cc(-c2cncc3[nH]c(-c4n[nH]c5ccc(-c6cnc(C)n6C)cc45)cc23)c1. The number of pyridine rings is 1. The Kier molecular flexibility index (Phi) is 4.20. The quantitative estimate of drug-likeness (QED) is 0.361. The van der Waals surface area contributed by atoms with Gasteiger partial charge in [-0.25, -0.2) is 9.37 Å². The van der Waals surface area contributed by atoms with Crippen LogP contribution in [0.4, 0.5) is 4.39 Å². The molecule has 0 amide bonds. The average molecular weight is 436 g/mol. The van der Waals surface area contributed by atoms with E-state index in [1.54, 1.807) is 18.5 Å². The van der Waals surface area contributed by atoms with E-state index in [0.717, 1.165) is 67.0 Å². The molecule has 6 aromatic rings. The normalized spacial score (nSPS) is 11.6. The predicted octanol–water partition coefficient (Wildman–Crippen LogP) is 5.93. The average Bonchev–Trinajstić information content (AvgIpc) is 3.49. The molecule has 0 unspecified atom stereocenters. The van der Waals surface area contributed by atoms with Gasteiger partial charge in [0.15, 0.2) is 0 Å². The Balaban J connectivity index is 1.52. The Labute approximate surface area is 189 Å². The van der Waals surface area contributed by atoms with Crippen LogP contribution in [-0.4, -0.2) is 29.7 Å². The summed E-state index contributed by atoms with van der Waals surface area (Å²) >= 11 is 0. The van der Waals surface area contributed by atoms with Gasteiger partial charge in [-0.2, -0.15) is 5.10 Å². The van der Waals surface area contributed by atoms with E-state index in [1.165, 1.54) is 6.07 Å². The molecule has 0 fully saturated rings. The molecule has 0 aliphatic carbocycles. The van der Waals surface area contributed by atoms with Gasteiger partial charge in [0, 0.05) is 35.1 Å². The Hall–Kier alpha value is -4.26. The first-order valence-corrected chi connectivity index (χ1v) is 10.7. The summed E-state index contributed by atoms with van der Waals surface area (Å²) in [5.41, 5.74) is 8.19. The molecule has 2 N–H and O–H groups in total. The van der Waals surface area contributed by atoms with E-state index < -0.39 is 0 Å². The Morgan fingerprint density at radius 2 is 1.76 bits per heavy atom. The predicted molar refractivity (Wildman–Crippen MR) is 128 cm³/mol. The number of fused-ring (bicyclic) bond motifs is 2. The molecule has 0 spiro atoms. The van der Waals surface area contributed by atoms with Crippen molar-refractivity contribution in [3.8, 4) is 33.8 Å². The van der Waals surface area contributed by atoms with Gasteiger partial charge < -0.3 is 9.55 Å². The van der Waals surface area contributed by atoms with Crippen molar-refractivity contribution in [3.05, 3.63) is 78.3 Å². The Morgan fingerprint density at radius 3 is 2.55 bits per heavy atom. The highest BCUT2D eigenvalue weighted by Gasteiger charge is 2.16. The van der Waals surface area contributed by atoms with Crippen molar-refractivity contribution in [3.63, 3.8) is 0 Å². The summed E-state index contributed by atoms with van der Waals surface area (Å²) in [5, 5.41) is 9.71. The summed E-state index contributed by atoms with van der Waals surface area (Å²) in [5.74, 6) is 0.703. The van der Waals surface area contributed by atoms with Crippen LogP contribution in [0.2, 0.25) is 0 Å². The number of nitrogens with zero attached hydrogens (tertiary/aromatic N) is 4. The van der Waals surface area contributed by atoms with Gasteiger partial charge in [-0.1, -0.05) is 12.1 Å². The zero-order valence-corrected chi connectivity index (χ0v) is 18.4. The first-order chi connectivity index (χ1) is 16.0. The first-order valence-electron chi connectivity index (χ1n) is 10.7. The molecule has 162 valence electrons. The lowest BCUT2D eigenvalue weighted by Crippen LogP contribution is -1.94. The van der Waals surface area contributed by atoms with Gasteiger partial charge in [0.05, 0.1) is 34.8 Å². The van der Waals surface area contributed by atoms with Gasteiger partial charge in [0.2, 0.25) is 0 Å². The first kappa shape index (κ1) is 19.4. The van der Waals surface area contributed by atoms with Gasteiger partial charge in [0.25, 0.3) is 0 Å². The van der Waals surface area contributed by atoms with E-state index in [9.17, 15) is 4.39 Å². The summed E-state index contributed by atoms with van der Waals surface area (Å²) < 4.78 is 16.1. The van der Waals surface area contributed by atoms with Gasteiger partial charge >= 0.3 is 0 Å². The van der Waals surface area contributed by atoms with E-state index in [-0.39, 0.29) is 5.82 Å². The fourth-order valence-corrected chi connectivity index (χ4v) is 4.45. The molecule has 4 heterocycles. The molecular weight excluding hydrogens is 415 g/mol. The second-order valence-electron chi connectivity index (χ2n) is 8.43. The molecule has 4 aromatic heterocycles. The lowest BCUT2D eigenvalue weighted by atomic mass is 10.0. The standard InChI is InChI=1S/C26H21FN6/c1-14-6-17(8-18(27)7-14)21-11-28-12-24-19(21)10-23(30-24)26-20-9-16(4-5-22(20)31-32-26)25-13-29-15(2)33(25)3/h4-13,30H,1-3H3,(H,31,32). The molecule has 0 saturated heterocycles. The number of hydrogen-bond acceptors (Lipinski definition) is 3. The van der Waals surface area contributed by atoms with Crippen molar-refractivity contribution in [1.82, 2.24) is 29.7 Å². The van der Waals surface area contributed by atoms with Crippen LogP contribution in [0.25, 0.3) is 55.6 Å². The van der Waals surface area contributed by atoms with Crippen LogP contribution < -0.4 is 0 Å². The molecule has 6 nitrogen and oxygen atoms in total. The smallest absolute Gasteiger partial charge is 0.124 e. The van der Waals surface area contributed by atoms with Gasteiger partial charge in [0.1, 0.15) is 17.3 Å². The molecule has 0 bridgehead atoms. The van der Waals surface area contributed by atoms with Crippen molar-refractivity contribution >= 4 is 21.8 Å². The minimum Gasteiger partial charge on any atom is -0.352 e. The van der Waals surface area contributed by atoms with Crippen LogP contribution in [0.5, 0.6) is 0 Å². The summed E-state index contributed by atoms with van der Waals surface area (Å²) in [6.45, 7) is 3.88. The maximum absolute atomic E-state index is 14.1. The van der Waals surface area contributed by atoms with Crippen LogP contribution in [0.3, 0.4) is 0 Å². The highest BCUT2D eigenvalue weighted by atomic mass is 19.1. The molecule has 0 aliphatic heterocycles. The fraction of sp³-hybridized carbons (Fsp3) is 0.115. The van der Waals surface area contributed by atoms with E-state index in [2.05, 4.69) is 47.9 Å². The molecule has 2 aromatic carbocycles. The number of aryl methyl sites for hydroxylation is 2. The summed E-state index contributed by atoms with van der Waals surface area (Å²) in [7, 11) is 2.01. The van der Waals surface area contributed by atoms with Gasteiger partial charge in [-0.15, -0.1) is 0 Å². The fourth-order valence-electron chi connectivity index (χ4n) is 4.45. The van der Waals surface area contributed by atoms with Crippen LogP contribution >= 0.6 is 0 Å². The molecule has 33 heavy (non-hydrogen) atoms. The Bertz CT molecular complexity index is 1650. The lowest BCUT2D eigenvalue weighted by molar-refractivity contribution is 0.627.